The molecule has 4 aromatic rings. The zero-order chi connectivity index (χ0) is 24.5. The summed E-state index contributed by atoms with van der Waals surface area (Å²) < 4.78 is 30.5. The van der Waals surface area contributed by atoms with Gasteiger partial charge in [0.05, 0.1) is 40.9 Å². The van der Waals surface area contributed by atoms with Gasteiger partial charge in [-0.05, 0) is 54.5 Å². The normalized spacial score (nSPS) is 24.7. The first-order valence-electron chi connectivity index (χ1n) is 11.3. The number of aliphatic hydroxyl groups excluding tert-OH is 1. The summed E-state index contributed by atoms with van der Waals surface area (Å²) in [6, 6.07) is 7.33. The second kappa shape index (κ2) is 7.32. The van der Waals surface area contributed by atoms with E-state index in [4.69, 9.17) is 4.98 Å². The monoisotopic (exact) mass is 472 g/mol. The molecular formula is C26H22F2N6O. The fourth-order valence-electron chi connectivity index (χ4n) is 5.36. The SMILES string of the molecule is C=C1C2(C)C[C@H]2c2cc(-c3c(F)cccc3F)nnc2[C@]1(C)c1ccnc(-n2cc(CO)cn2)n1. The van der Waals surface area contributed by atoms with E-state index >= 15 is 0 Å². The van der Waals surface area contributed by atoms with Crippen LogP contribution in [0.2, 0.25) is 0 Å². The highest BCUT2D eigenvalue weighted by molar-refractivity contribution is 5.65. The first-order valence-corrected chi connectivity index (χ1v) is 11.3. The number of hydrogen-bond acceptors (Lipinski definition) is 6. The standard InChI is InChI=1S/C26H22F2N6O/c1-14-25(2)10-17(25)16-9-20(22-18(27)5-4-6-19(22)28)32-33-23(16)26(14,3)21-7-8-29-24(31-21)34-12-15(13-35)11-30-34/h4-9,11-12,17,35H,1,10,13H2,2-3H3/t17-,25?,26-/m0/s1. The summed E-state index contributed by atoms with van der Waals surface area (Å²) in [4.78, 5) is 9.13. The predicted molar refractivity (Wildman–Crippen MR) is 124 cm³/mol. The van der Waals surface area contributed by atoms with Crippen molar-refractivity contribution in [3.8, 4) is 17.2 Å². The second-order valence-electron chi connectivity index (χ2n) is 9.60. The van der Waals surface area contributed by atoms with E-state index in [1.807, 2.05) is 13.0 Å². The van der Waals surface area contributed by atoms with E-state index in [0.717, 1.165) is 17.6 Å². The third kappa shape index (κ3) is 3.01. The van der Waals surface area contributed by atoms with Gasteiger partial charge in [0.15, 0.2) is 0 Å². The van der Waals surface area contributed by atoms with Gasteiger partial charge in [0.25, 0.3) is 5.95 Å². The Morgan fingerprint density at radius 3 is 2.66 bits per heavy atom. The highest BCUT2D eigenvalue weighted by Gasteiger charge is 2.63. The van der Waals surface area contributed by atoms with Crippen LogP contribution in [0.1, 0.15) is 48.7 Å². The number of fused-ring (bicyclic) bond motifs is 3. The summed E-state index contributed by atoms with van der Waals surface area (Å²) >= 11 is 0. The molecule has 2 aliphatic rings. The minimum absolute atomic E-state index is 0.137. The van der Waals surface area contributed by atoms with E-state index < -0.39 is 17.0 Å². The topological polar surface area (TPSA) is 89.6 Å². The highest BCUT2D eigenvalue weighted by Crippen LogP contribution is 2.71. The van der Waals surface area contributed by atoms with Crippen molar-refractivity contribution in [3.05, 3.63) is 95.2 Å². The van der Waals surface area contributed by atoms with Crippen LogP contribution < -0.4 is 0 Å². The molecule has 0 saturated heterocycles. The third-order valence-electron chi connectivity index (χ3n) is 7.60. The molecule has 1 N–H and O–H groups in total. The van der Waals surface area contributed by atoms with Gasteiger partial charge in [-0.25, -0.2) is 23.4 Å². The van der Waals surface area contributed by atoms with E-state index in [1.165, 1.54) is 22.9 Å². The smallest absolute Gasteiger partial charge is 0.250 e. The van der Waals surface area contributed by atoms with Crippen LogP contribution in [0.5, 0.6) is 0 Å². The molecule has 7 nitrogen and oxygen atoms in total. The van der Waals surface area contributed by atoms with Gasteiger partial charge in [-0.1, -0.05) is 25.1 Å². The molecule has 176 valence electrons. The molecule has 1 saturated carbocycles. The molecule has 2 aliphatic carbocycles. The average molecular weight is 472 g/mol. The summed E-state index contributed by atoms with van der Waals surface area (Å²) in [6.07, 6.45) is 5.72. The number of rotatable bonds is 4. The summed E-state index contributed by atoms with van der Waals surface area (Å²) in [5.74, 6) is -0.869. The Bertz CT molecular complexity index is 1500. The van der Waals surface area contributed by atoms with Crippen LogP contribution in [0.4, 0.5) is 8.78 Å². The predicted octanol–water partition coefficient (Wildman–Crippen LogP) is 4.26. The largest absolute Gasteiger partial charge is 0.392 e. The Labute approximate surface area is 200 Å². The number of aliphatic hydroxyl groups is 1. The lowest BCUT2D eigenvalue weighted by Crippen LogP contribution is -2.37. The van der Waals surface area contributed by atoms with Crippen molar-refractivity contribution in [3.63, 3.8) is 0 Å². The van der Waals surface area contributed by atoms with Gasteiger partial charge in [-0.3, -0.25) is 0 Å². The molecule has 1 fully saturated rings. The Balaban J connectivity index is 1.52. The fraction of sp³-hybridized carbons (Fsp3) is 0.269. The van der Waals surface area contributed by atoms with Crippen LogP contribution in [0.15, 0.2) is 61.1 Å². The van der Waals surface area contributed by atoms with Crippen molar-refractivity contribution in [2.24, 2.45) is 5.41 Å². The molecule has 3 heterocycles. The quantitative estimate of drug-likeness (QED) is 0.447. The first-order chi connectivity index (χ1) is 16.8. The van der Waals surface area contributed by atoms with Gasteiger partial charge in [0.2, 0.25) is 0 Å². The van der Waals surface area contributed by atoms with Gasteiger partial charge < -0.3 is 5.11 Å². The summed E-state index contributed by atoms with van der Waals surface area (Å²) in [5, 5.41) is 22.4. The minimum atomic E-state index is -0.805. The molecule has 3 atom stereocenters. The van der Waals surface area contributed by atoms with E-state index in [0.29, 0.717) is 22.9 Å². The van der Waals surface area contributed by atoms with Crippen LogP contribution >= 0.6 is 0 Å². The lowest BCUT2D eigenvalue weighted by Gasteiger charge is -2.39. The number of hydrogen-bond donors (Lipinski definition) is 1. The number of nitrogens with zero attached hydrogens (tertiary/aromatic N) is 6. The molecule has 3 aromatic heterocycles. The molecule has 1 unspecified atom stereocenters. The van der Waals surface area contributed by atoms with Gasteiger partial charge in [0, 0.05) is 18.0 Å². The highest BCUT2D eigenvalue weighted by atomic mass is 19.1. The molecule has 0 spiro atoms. The van der Waals surface area contributed by atoms with Crippen LogP contribution in [-0.4, -0.2) is 35.1 Å². The Morgan fingerprint density at radius 1 is 1.17 bits per heavy atom. The van der Waals surface area contributed by atoms with Gasteiger partial charge in [-0.2, -0.15) is 10.2 Å². The number of halogens is 2. The minimum Gasteiger partial charge on any atom is -0.392 e. The average Bonchev–Trinajstić information content (AvgIpc) is 3.34. The van der Waals surface area contributed by atoms with Crippen LogP contribution in [0, 0.1) is 17.0 Å². The maximum absolute atomic E-state index is 14.5. The van der Waals surface area contributed by atoms with E-state index in [2.05, 4.69) is 33.8 Å². The molecule has 35 heavy (non-hydrogen) atoms. The van der Waals surface area contributed by atoms with Crippen molar-refractivity contribution < 1.29 is 13.9 Å². The molecule has 6 rings (SSSR count). The lowest BCUT2D eigenvalue weighted by atomic mass is 9.65. The number of benzene rings is 1. The van der Waals surface area contributed by atoms with Crippen LogP contribution in [0.3, 0.4) is 0 Å². The summed E-state index contributed by atoms with van der Waals surface area (Å²) in [7, 11) is 0. The fourth-order valence-corrected chi connectivity index (χ4v) is 5.36. The molecular weight excluding hydrogens is 450 g/mol. The maximum Gasteiger partial charge on any atom is 0.250 e. The molecule has 0 amide bonds. The van der Waals surface area contributed by atoms with Crippen LogP contribution in [-0.2, 0) is 12.0 Å². The Hall–Kier alpha value is -3.85. The number of aromatic nitrogens is 6. The Kier molecular flexibility index (Phi) is 4.53. The van der Waals surface area contributed by atoms with E-state index in [1.54, 1.807) is 24.7 Å². The van der Waals surface area contributed by atoms with Crippen molar-refractivity contribution in [1.29, 1.82) is 0 Å². The van der Waals surface area contributed by atoms with Gasteiger partial charge in [0.1, 0.15) is 11.6 Å². The Morgan fingerprint density at radius 2 is 1.94 bits per heavy atom. The van der Waals surface area contributed by atoms with Crippen molar-refractivity contribution in [2.75, 3.05) is 0 Å². The molecule has 9 heteroatoms. The lowest BCUT2D eigenvalue weighted by molar-refractivity contribution is 0.282. The van der Waals surface area contributed by atoms with Crippen molar-refractivity contribution in [1.82, 2.24) is 29.9 Å². The third-order valence-corrected chi connectivity index (χ3v) is 7.60. The zero-order valence-electron chi connectivity index (χ0n) is 19.2. The van der Waals surface area contributed by atoms with Crippen LogP contribution in [0.25, 0.3) is 17.2 Å². The number of allylic oxidation sites excluding steroid dienone is 1. The molecule has 0 aliphatic heterocycles. The molecule has 1 aromatic carbocycles. The van der Waals surface area contributed by atoms with E-state index in [-0.39, 0.29) is 29.2 Å². The maximum atomic E-state index is 14.5. The second-order valence-corrected chi connectivity index (χ2v) is 9.60. The van der Waals surface area contributed by atoms with Gasteiger partial charge >= 0.3 is 0 Å². The van der Waals surface area contributed by atoms with Crippen molar-refractivity contribution in [2.45, 2.75) is 38.2 Å². The van der Waals surface area contributed by atoms with Crippen molar-refractivity contribution >= 4 is 0 Å². The first kappa shape index (κ1) is 21.7. The van der Waals surface area contributed by atoms with Gasteiger partial charge in [-0.15, -0.1) is 5.10 Å². The molecule has 0 bridgehead atoms. The summed E-state index contributed by atoms with van der Waals surface area (Å²) in [5.41, 5.74) is 2.82. The zero-order valence-corrected chi connectivity index (χ0v) is 19.2. The summed E-state index contributed by atoms with van der Waals surface area (Å²) in [6.45, 7) is 8.47. The molecule has 0 radical (unpaired) electrons. The van der Waals surface area contributed by atoms with E-state index in [9.17, 15) is 13.9 Å².